The molecule has 2 amide bonds. The molecule has 110 valence electrons. The van der Waals surface area contributed by atoms with E-state index in [9.17, 15) is 9.18 Å². The van der Waals surface area contributed by atoms with Gasteiger partial charge >= 0.3 is 6.03 Å². The summed E-state index contributed by atoms with van der Waals surface area (Å²) in [7, 11) is 1.57. The lowest BCUT2D eigenvalue weighted by molar-refractivity contribution is 0.251. The van der Waals surface area contributed by atoms with Crippen LogP contribution in [0.3, 0.4) is 0 Å². The highest BCUT2D eigenvalue weighted by molar-refractivity contribution is 6.31. The van der Waals surface area contributed by atoms with Crippen LogP contribution < -0.4 is 15.4 Å². The second-order valence-corrected chi connectivity index (χ2v) is 4.66. The summed E-state index contributed by atoms with van der Waals surface area (Å²) >= 11 is 5.65. The number of hydrogen-bond donors (Lipinski definition) is 2. The first kappa shape index (κ1) is 15.1. The number of urea groups is 1. The predicted octanol–water partition coefficient (Wildman–Crippen LogP) is 3.81. The fraction of sp³-hybridized carbons (Fsp3) is 0.133. The molecule has 0 aliphatic heterocycles. The van der Waals surface area contributed by atoms with E-state index < -0.39 is 11.8 Å². The van der Waals surface area contributed by atoms with E-state index in [1.54, 1.807) is 7.11 Å². The van der Waals surface area contributed by atoms with E-state index in [-0.39, 0.29) is 5.02 Å². The van der Waals surface area contributed by atoms with Crippen LogP contribution in [0, 0.1) is 5.82 Å². The molecule has 2 N–H and O–H groups in total. The minimum absolute atomic E-state index is 0.0440. The highest BCUT2D eigenvalue weighted by Gasteiger charge is 2.06. The Hall–Kier alpha value is -2.27. The number of halogens is 2. The van der Waals surface area contributed by atoms with Gasteiger partial charge in [-0.2, -0.15) is 0 Å². The topological polar surface area (TPSA) is 50.4 Å². The number of anilines is 1. The summed E-state index contributed by atoms with van der Waals surface area (Å²) in [5.41, 5.74) is 1.27. The average molecular weight is 309 g/mol. The van der Waals surface area contributed by atoms with Crippen molar-refractivity contribution >= 4 is 23.3 Å². The van der Waals surface area contributed by atoms with Gasteiger partial charge in [-0.15, -0.1) is 0 Å². The quantitative estimate of drug-likeness (QED) is 0.902. The zero-order valence-corrected chi connectivity index (χ0v) is 12.1. The molecule has 0 spiro atoms. The molecule has 0 fully saturated rings. The minimum Gasteiger partial charge on any atom is -0.496 e. The Labute approximate surface area is 126 Å². The minimum atomic E-state index is -0.531. The van der Waals surface area contributed by atoms with Gasteiger partial charge in [0.1, 0.15) is 11.6 Å². The summed E-state index contributed by atoms with van der Waals surface area (Å²) in [6.45, 7) is 0.310. The van der Waals surface area contributed by atoms with E-state index in [0.717, 1.165) is 5.56 Å². The smallest absolute Gasteiger partial charge is 0.319 e. The molecule has 2 rings (SSSR count). The molecule has 0 atom stereocenters. The van der Waals surface area contributed by atoms with Crippen molar-refractivity contribution in [1.82, 2.24) is 5.32 Å². The maximum absolute atomic E-state index is 13.0. The number of methoxy groups -OCH3 is 1. The summed E-state index contributed by atoms with van der Waals surface area (Å²) in [4.78, 5) is 11.8. The van der Waals surface area contributed by atoms with Crippen LogP contribution >= 0.6 is 11.6 Å². The molecule has 0 bridgehead atoms. The Morgan fingerprint density at radius 3 is 2.76 bits per heavy atom. The van der Waals surface area contributed by atoms with Crippen molar-refractivity contribution in [3.05, 3.63) is 58.9 Å². The largest absolute Gasteiger partial charge is 0.496 e. The number of carbonyl (C=O) groups is 1. The Balaban J connectivity index is 1.94. The van der Waals surface area contributed by atoms with Crippen LogP contribution in [0.1, 0.15) is 5.56 Å². The zero-order chi connectivity index (χ0) is 15.2. The number of carbonyl (C=O) groups excluding carboxylic acids is 1. The van der Waals surface area contributed by atoms with E-state index in [1.807, 2.05) is 24.3 Å². The summed E-state index contributed by atoms with van der Waals surface area (Å²) in [6.07, 6.45) is 0. The fourth-order valence-corrected chi connectivity index (χ4v) is 1.95. The van der Waals surface area contributed by atoms with Crippen LogP contribution in [-0.2, 0) is 6.54 Å². The molecule has 21 heavy (non-hydrogen) atoms. The van der Waals surface area contributed by atoms with Crippen LogP contribution in [-0.4, -0.2) is 13.1 Å². The first-order valence-corrected chi connectivity index (χ1v) is 6.59. The Morgan fingerprint density at radius 1 is 1.29 bits per heavy atom. The molecule has 0 heterocycles. The van der Waals surface area contributed by atoms with Crippen LogP contribution in [0.25, 0.3) is 0 Å². The van der Waals surface area contributed by atoms with Crippen LogP contribution in [0.5, 0.6) is 5.75 Å². The van der Waals surface area contributed by atoms with Gasteiger partial charge < -0.3 is 15.4 Å². The van der Waals surface area contributed by atoms with Gasteiger partial charge in [0.05, 0.1) is 12.1 Å². The lowest BCUT2D eigenvalue weighted by atomic mass is 10.2. The zero-order valence-electron chi connectivity index (χ0n) is 11.3. The Kier molecular flexibility index (Phi) is 5.00. The predicted molar refractivity (Wildman–Crippen MR) is 80.3 cm³/mol. The highest BCUT2D eigenvalue weighted by Crippen LogP contribution is 2.19. The number of benzene rings is 2. The molecule has 0 unspecified atom stereocenters. The summed E-state index contributed by atoms with van der Waals surface area (Å²) < 4.78 is 18.2. The van der Waals surface area contributed by atoms with Crippen LogP contribution in [0.15, 0.2) is 42.5 Å². The van der Waals surface area contributed by atoms with Crippen molar-refractivity contribution in [1.29, 1.82) is 0 Å². The second kappa shape index (κ2) is 6.95. The SMILES string of the molecule is COc1ccccc1CNC(=O)Nc1ccc(F)c(Cl)c1. The van der Waals surface area contributed by atoms with Gasteiger partial charge in [0.15, 0.2) is 0 Å². The second-order valence-electron chi connectivity index (χ2n) is 4.25. The first-order valence-electron chi connectivity index (χ1n) is 6.22. The molecule has 4 nitrogen and oxygen atoms in total. The highest BCUT2D eigenvalue weighted by atomic mass is 35.5. The number of amides is 2. The van der Waals surface area contributed by atoms with E-state index >= 15 is 0 Å². The van der Waals surface area contributed by atoms with Crippen molar-refractivity contribution in [2.45, 2.75) is 6.54 Å². The standard InChI is InChI=1S/C15H14ClFN2O2/c1-21-14-5-3-2-4-10(14)9-18-15(20)19-11-6-7-13(17)12(16)8-11/h2-8H,9H2,1H3,(H2,18,19,20). The number of nitrogens with one attached hydrogen (secondary N) is 2. The summed E-state index contributed by atoms with van der Waals surface area (Å²) in [5, 5.41) is 5.22. The lowest BCUT2D eigenvalue weighted by Crippen LogP contribution is -2.28. The van der Waals surface area contributed by atoms with E-state index in [2.05, 4.69) is 10.6 Å². The molecule has 6 heteroatoms. The van der Waals surface area contributed by atoms with Crippen LogP contribution in [0.4, 0.5) is 14.9 Å². The Morgan fingerprint density at radius 2 is 2.05 bits per heavy atom. The first-order chi connectivity index (χ1) is 10.1. The van der Waals surface area contributed by atoms with Gasteiger partial charge in [0, 0.05) is 17.8 Å². The van der Waals surface area contributed by atoms with Gasteiger partial charge in [-0.25, -0.2) is 9.18 Å². The van der Waals surface area contributed by atoms with Gasteiger partial charge in [-0.3, -0.25) is 0 Å². The molecule has 2 aromatic carbocycles. The number of rotatable bonds is 4. The van der Waals surface area contributed by atoms with Gasteiger partial charge in [0.2, 0.25) is 0 Å². The van der Waals surface area contributed by atoms with E-state index in [0.29, 0.717) is 18.0 Å². The Bertz CT molecular complexity index is 649. The van der Waals surface area contributed by atoms with Crippen molar-refractivity contribution in [2.24, 2.45) is 0 Å². The van der Waals surface area contributed by atoms with Crippen molar-refractivity contribution < 1.29 is 13.9 Å². The third-order valence-electron chi connectivity index (χ3n) is 2.81. The number of hydrogen-bond acceptors (Lipinski definition) is 2. The third-order valence-corrected chi connectivity index (χ3v) is 3.10. The molecule has 0 aliphatic rings. The third kappa shape index (κ3) is 4.10. The molecule has 0 saturated heterocycles. The molecule has 0 saturated carbocycles. The van der Waals surface area contributed by atoms with E-state index in [1.165, 1.54) is 18.2 Å². The molecule has 0 aromatic heterocycles. The van der Waals surface area contributed by atoms with Crippen molar-refractivity contribution in [3.63, 3.8) is 0 Å². The fourth-order valence-electron chi connectivity index (χ4n) is 1.77. The van der Waals surface area contributed by atoms with Crippen molar-refractivity contribution in [3.8, 4) is 5.75 Å². The normalized spacial score (nSPS) is 10.0. The summed E-state index contributed by atoms with van der Waals surface area (Å²) in [5.74, 6) is 0.166. The van der Waals surface area contributed by atoms with E-state index in [4.69, 9.17) is 16.3 Å². The van der Waals surface area contributed by atoms with Crippen LogP contribution in [0.2, 0.25) is 5.02 Å². The maximum Gasteiger partial charge on any atom is 0.319 e. The summed E-state index contributed by atoms with van der Waals surface area (Å²) in [6, 6.07) is 10.9. The number of para-hydroxylation sites is 1. The van der Waals surface area contributed by atoms with Crippen molar-refractivity contribution in [2.75, 3.05) is 12.4 Å². The molecule has 0 radical (unpaired) electrons. The number of ether oxygens (including phenoxy) is 1. The molecular weight excluding hydrogens is 295 g/mol. The average Bonchev–Trinajstić information content (AvgIpc) is 2.49. The van der Waals surface area contributed by atoms with Gasteiger partial charge in [0.25, 0.3) is 0 Å². The molecular formula is C15H14ClFN2O2. The lowest BCUT2D eigenvalue weighted by Gasteiger charge is -2.10. The van der Waals surface area contributed by atoms with Gasteiger partial charge in [-0.05, 0) is 24.3 Å². The van der Waals surface area contributed by atoms with Gasteiger partial charge in [-0.1, -0.05) is 29.8 Å². The monoisotopic (exact) mass is 308 g/mol. The molecule has 2 aromatic rings. The molecule has 0 aliphatic carbocycles. The maximum atomic E-state index is 13.0.